The molecule has 0 bridgehead atoms. The average Bonchev–Trinajstić information content (AvgIpc) is 3.49. The van der Waals surface area contributed by atoms with Crippen molar-refractivity contribution in [2.45, 2.75) is 19.0 Å². The van der Waals surface area contributed by atoms with Gasteiger partial charge in [0.1, 0.15) is 5.82 Å². The first-order valence-electron chi connectivity index (χ1n) is 8.78. The van der Waals surface area contributed by atoms with E-state index in [2.05, 4.69) is 16.4 Å². The van der Waals surface area contributed by atoms with Crippen molar-refractivity contribution in [3.8, 4) is 11.1 Å². The van der Waals surface area contributed by atoms with Gasteiger partial charge in [-0.05, 0) is 49.2 Å². The smallest absolute Gasteiger partial charge is 0.419 e. The molecule has 9 heteroatoms. The Morgan fingerprint density at radius 1 is 1.28 bits per heavy atom. The van der Waals surface area contributed by atoms with Crippen molar-refractivity contribution in [2.75, 3.05) is 18.7 Å². The maximum atomic E-state index is 14.6. The standard InChI is InChI=1S/C20H19F4N3O2/c1-26-18-16(27(25)10-11-3-4-11)8-7-14(17(18)20(22,23)24)13-6-5-12(9-15(13)21)19(28)29-2/h5-9,11H,1,3-4,10,25H2,2H3. The number of methoxy groups -OCH3 is 1. The number of nitrogens with two attached hydrogens (primary N) is 1. The Labute approximate surface area is 164 Å². The number of aliphatic imine (C=N–C) groups is 1. The van der Waals surface area contributed by atoms with Crippen LogP contribution in [0.5, 0.6) is 0 Å². The Hall–Kier alpha value is -2.94. The summed E-state index contributed by atoms with van der Waals surface area (Å²) < 4.78 is 61.0. The second-order valence-electron chi connectivity index (χ2n) is 6.79. The van der Waals surface area contributed by atoms with Gasteiger partial charge in [0.05, 0.1) is 29.6 Å². The molecule has 0 unspecified atom stereocenters. The fourth-order valence-electron chi connectivity index (χ4n) is 3.14. The number of nitrogens with zero attached hydrogens (tertiary/aromatic N) is 2. The van der Waals surface area contributed by atoms with Gasteiger partial charge in [-0.15, -0.1) is 0 Å². The minimum atomic E-state index is -4.84. The van der Waals surface area contributed by atoms with Gasteiger partial charge in [0.25, 0.3) is 0 Å². The number of halogens is 4. The van der Waals surface area contributed by atoms with Crippen LogP contribution in [-0.4, -0.2) is 26.3 Å². The molecule has 0 aromatic heterocycles. The van der Waals surface area contributed by atoms with E-state index in [1.54, 1.807) is 0 Å². The van der Waals surface area contributed by atoms with Gasteiger partial charge < -0.3 is 9.75 Å². The lowest BCUT2D eigenvalue weighted by Gasteiger charge is -2.24. The SMILES string of the molecule is C=Nc1c(N(N)CC2CC2)ccc(-c2ccc(C(=O)OC)cc2F)c1C(F)(F)F. The lowest BCUT2D eigenvalue weighted by Crippen LogP contribution is -2.33. The number of rotatable bonds is 6. The molecule has 2 aromatic carbocycles. The number of benzene rings is 2. The van der Waals surface area contributed by atoms with E-state index in [-0.39, 0.29) is 16.8 Å². The highest BCUT2D eigenvalue weighted by Gasteiger charge is 2.39. The second-order valence-corrected chi connectivity index (χ2v) is 6.79. The van der Waals surface area contributed by atoms with E-state index < -0.39 is 34.8 Å². The molecule has 1 aliphatic rings. The fraction of sp³-hybridized carbons (Fsp3) is 0.300. The number of carbonyl (C=O) groups is 1. The molecular formula is C20H19F4N3O2. The summed E-state index contributed by atoms with van der Waals surface area (Å²) in [6, 6.07) is 5.64. The quantitative estimate of drug-likeness (QED) is 0.246. The monoisotopic (exact) mass is 409 g/mol. The minimum Gasteiger partial charge on any atom is -0.465 e. The van der Waals surface area contributed by atoms with Crippen molar-refractivity contribution in [3.05, 3.63) is 47.3 Å². The Bertz CT molecular complexity index is 955. The van der Waals surface area contributed by atoms with E-state index in [9.17, 15) is 22.4 Å². The highest BCUT2D eigenvalue weighted by Crippen LogP contribution is 2.47. The van der Waals surface area contributed by atoms with Crippen molar-refractivity contribution in [1.82, 2.24) is 0 Å². The average molecular weight is 409 g/mol. The molecule has 0 saturated heterocycles. The Kier molecular flexibility index (Phi) is 5.61. The molecule has 0 radical (unpaired) electrons. The van der Waals surface area contributed by atoms with Crippen LogP contribution in [0.2, 0.25) is 0 Å². The normalized spacial score (nSPS) is 13.9. The molecule has 1 fully saturated rings. The van der Waals surface area contributed by atoms with E-state index in [4.69, 9.17) is 5.84 Å². The van der Waals surface area contributed by atoms with E-state index in [0.29, 0.717) is 12.5 Å². The summed E-state index contributed by atoms with van der Waals surface area (Å²) in [5.41, 5.74) is -2.40. The molecule has 2 aromatic rings. The number of esters is 1. The lowest BCUT2D eigenvalue weighted by molar-refractivity contribution is -0.136. The van der Waals surface area contributed by atoms with Crippen LogP contribution in [0.1, 0.15) is 28.8 Å². The van der Waals surface area contributed by atoms with Crippen LogP contribution in [0.25, 0.3) is 11.1 Å². The molecule has 1 aliphatic carbocycles. The molecule has 2 N–H and O–H groups in total. The zero-order chi connectivity index (χ0) is 21.3. The summed E-state index contributed by atoms with van der Waals surface area (Å²) in [6.07, 6.45) is -2.91. The van der Waals surface area contributed by atoms with E-state index in [1.807, 2.05) is 0 Å². The predicted octanol–water partition coefficient (Wildman–Crippen LogP) is 4.72. The molecule has 0 heterocycles. The van der Waals surface area contributed by atoms with Gasteiger partial charge in [0.15, 0.2) is 0 Å². The van der Waals surface area contributed by atoms with Crippen LogP contribution in [0, 0.1) is 11.7 Å². The van der Waals surface area contributed by atoms with Crippen LogP contribution in [0.15, 0.2) is 35.3 Å². The number of alkyl halides is 3. The first-order chi connectivity index (χ1) is 13.7. The summed E-state index contributed by atoms with van der Waals surface area (Å²) in [7, 11) is 1.12. The molecule has 154 valence electrons. The third-order valence-electron chi connectivity index (χ3n) is 4.74. The van der Waals surface area contributed by atoms with E-state index in [1.165, 1.54) is 17.1 Å². The summed E-state index contributed by atoms with van der Waals surface area (Å²) in [5, 5.41) is 1.22. The van der Waals surface area contributed by atoms with Crippen LogP contribution in [0.4, 0.5) is 28.9 Å². The maximum absolute atomic E-state index is 14.6. The molecule has 0 aliphatic heterocycles. The molecule has 5 nitrogen and oxygen atoms in total. The van der Waals surface area contributed by atoms with Gasteiger partial charge in [0.2, 0.25) is 0 Å². The third kappa shape index (κ3) is 4.24. The second kappa shape index (κ2) is 7.82. The van der Waals surface area contributed by atoms with E-state index in [0.717, 1.165) is 38.2 Å². The van der Waals surface area contributed by atoms with Crippen LogP contribution >= 0.6 is 0 Å². The van der Waals surface area contributed by atoms with Gasteiger partial charge in [-0.2, -0.15) is 13.2 Å². The van der Waals surface area contributed by atoms with Crippen molar-refractivity contribution in [1.29, 1.82) is 0 Å². The molecule has 0 amide bonds. The highest BCUT2D eigenvalue weighted by atomic mass is 19.4. The number of hydrogen-bond acceptors (Lipinski definition) is 5. The Balaban J connectivity index is 2.16. The third-order valence-corrected chi connectivity index (χ3v) is 4.74. The van der Waals surface area contributed by atoms with Crippen molar-refractivity contribution < 1.29 is 27.1 Å². The molecular weight excluding hydrogens is 390 g/mol. The summed E-state index contributed by atoms with van der Waals surface area (Å²) in [4.78, 5) is 15.1. The number of carbonyl (C=O) groups excluding carboxylic acids is 1. The molecule has 0 spiro atoms. The summed E-state index contributed by atoms with van der Waals surface area (Å²) in [5.74, 6) is 4.50. The van der Waals surface area contributed by atoms with Gasteiger partial charge in [-0.25, -0.2) is 15.0 Å². The van der Waals surface area contributed by atoms with Crippen LogP contribution < -0.4 is 10.9 Å². The zero-order valence-corrected chi connectivity index (χ0v) is 15.6. The molecule has 29 heavy (non-hydrogen) atoms. The highest BCUT2D eigenvalue weighted by molar-refractivity contribution is 5.91. The number of hydrazine groups is 1. The number of ether oxygens (including phenoxy) is 1. The van der Waals surface area contributed by atoms with Gasteiger partial charge in [-0.3, -0.25) is 4.99 Å². The largest absolute Gasteiger partial charge is 0.465 e. The first kappa shape index (κ1) is 20.8. The zero-order valence-electron chi connectivity index (χ0n) is 15.6. The molecule has 0 atom stereocenters. The molecule has 1 saturated carbocycles. The van der Waals surface area contributed by atoms with Crippen LogP contribution in [0.3, 0.4) is 0 Å². The topological polar surface area (TPSA) is 67.9 Å². The maximum Gasteiger partial charge on any atom is 0.419 e. The predicted molar refractivity (Wildman–Crippen MR) is 102 cm³/mol. The van der Waals surface area contributed by atoms with Gasteiger partial charge in [-0.1, -0.05) is 12.1 Å². The minimum absolute atomic E-state index is 0.0644. The first-order valence-corrected chi connectivity index (χ1v) is 8.78. The Morgan fingerprint density at radius 3 is 2.45 bits per heavy atom. The number of hydrogen-bond donors (Lipinski definition) is 1. The van der Waals surface area contributed by atoms with E-state index >= 15 is 0 Å². The molecule has 3 rings (SSSR count). The van der Waals surface area contributed by atoms with Crippen LogP contribution in [-0.2, 0) is 10.9 Å². The Morgan fingerprint density at radius 2 is 1.93 bits per heavy atom. The summed E-state index contributed by atoms with van der Waals surface area (Å²) in [6.45, 7) is 3.65. The summed E-state index contributed by atoms with van der Waals surface area (Å²) >= 11 is 0. The van der Waals surface area contributed by atoms with Crippen molar-refractivity contribution >= 4 is 24.1 Å². The van der Waals surface area contributed by atoms with Crippen molar-refractivity contribution in [2.24, 2.45) is 16.8 Å². The lowest BCUT2D eigenvalue weighted by atomic mass is 9.95. The fourth-order valence-corrected chi connectivity index (χ4v) is 3.14. The number of anilines is 1. The van der Waals surface area contributed by atoms with Gasteiger partial charge >= 0.3 is 12.1 Å². The van der Waals surface area contributed by atoms with Crippen molar-refractivity contribution in [3.63, 3.8) is 0 Å². The van der Waals surface area contributed by atoms with Gasteiger partial charge in [0, 0.05) is 12.1 Å².